The minimum Gasteiger partial charge on any atom is -0.310 e. The van der Waals surface area contributed by atoms with Gasteiger partial charge in [-0.3, -0.25) is 0 Å². The average molecular weight is 286 g/mol. The Bertz CT molecular complexity index is 614. The van der Waals surface area contributed by atoms with E-state index >= 15 is 0 Å². The van der Waals surface area contributed by atoms with E-state index in [-0.39, 0.29) is 0 Å². The van der Waals surface area contributed by atoms with E-state index in [1.54, 1.807) is 0 Å². The molecule has 2 aromatic heterocycles. The fourth-order valence-corrected chi connectivity index (χ4v) is 3.43. The molecule has 0 aromatic carbocycles. The molecular weight excluding hydrogens is 260 g/mol. The normalized spacial score (nSPS) is 20.8. The molecule has 1 unspecified atom stereocenters. The molecule has 3 heterocycles. The fraction of sp³-hybridized carbons (Fsp3) is 0.647. The third-order valence-electron chi connectivity index (χ3n) is 4.54. The van der Waals surface area contributed by atoms with E-state index < -0.39 is 0 Å². The van der Waals surface area contributed by atoms with Crippen LogP contribution in [0.1, 0.15) is 58.3 Å². The molecule has 0 radical (unpaired) electrons. The second-order valence-corrected chi connectivity index (χ2v) is 6.71. The number of fused-ring (bicyclic) bond motifs is 1. The zero-order valence-electron chi connectivity index (χ0n) is 13.6. The van der Waals surface area contributed by atoms with Gasteiger partial charge in [0, 0.05) is 30.7 Å². The Morgan fingerprint density at radius 3 is 2.71 bits per heavy atom. The molecule has 4 heteroatoms. The van der Waals surface area contributed by atoms with E-state index in [1.165, 1.54) is 25.2 Å². The predicted octanol–water partition coefficient (Wildman–Crippen LogP) is 3.60. The summed E-state index contributed by atoms with van der Waals surface area (Å²) >= 11 is 0. The van der Waals surface area contributed by atoms with Gasteiger partial charge in [0.2, 0.25) is 0 Å². The van der Waals surface area contributed by atoms with Crippen LogP contribution in [0, 0.1) is 0 Å². The van der Waals surface area contributed by atoms with E-state index in [4.69, 9.17) is 4.98 Å². The second kappa shape index (κ2) is 5.76. The molecule has 21 heavy (non-hydrogen) atoms. The van der Waals surface area contributed by atoms with Crippen LogP contribution in [0.5, 0.6) is 0 Å². The molecule has 0 saturated carbocycles. The maximum atomic E-state index is 4.93. The Labute approximate surface area is 127 Å². The number of piperidine rings is 1. The van der Waals surface area contributed by atoms with Crippen LogP contribution in [0.15, 0.2) is 18.3 Å². The van der Waals surface area contributed by atoms with Gasteiger partial charge in [-0.25, -0.2) is 9.97 Å². The van der Waals surface area contributed by atoms with Crippen molar-refractivity contribution >= 4 is 11.2 Å². The zero-order chi connectivity index (χ0) is 15.0. The lowest BCUT2D eigenvalue weighted by Crippen LogP contribution is -2.39. The first kappa shape index (κ1) is 14.5. The summed E-state index contributed by atoms with van der Waals surface area (Å²) in [4.78, 5) is 12.1. The third kappa shape index (κ3) is 2.69. The Hall–Kier alpha value is -1.42. The van der Waals surface area contributed by atoms with Gasteiger partial charge in [0.15, 0.2) is 5.65 Å². The highest BCUT2D eigenvalue weighted by atomic mass is 15.2. The van der Waals surface area contributed by atoms with Crippen LogP contribution in [0.25, 0.3) is 11.2 Å². The largest absolute Gasteiger partial charge is 0.310 e. The Morgan fingerprint density at radius 2 is 2.00 bits per heavy atom. The molecule has 4 nitrogen and oxygen atoms in total. The molecule has 1 aliphatic heterocycles. The number of imidazole rings is 1. The number of nitrogens with zero attached hydrogens (tertiary/aromatic N) is 4. The Kier molecular flexibility index (Phi) is 3.98. The topological polar surface area (TPSA) is 34.0 Å². The molecule has 2 aromatic rings. The summed E-state index contributed by atoms with van der Waals surface area (Å²) < 4.78 is 2.34. The van der Waals surface area contributed by atoms with Crippen molar-refractivity contribution in [2.75, 3.05) is 13.1 Å². The summed E-state index contributed by atoms with van der Waals surface area (Å²) in [5.74, 6) is 1.75. The van der Waals surface area contributed by atoms with E-state index in [0.29, 0.717) is 18.0 Å². The van der Waals surface area contributed by atoms with Crippen molar-refractivity contribution in [3.8, 4) is 0 Å². The van der Waals surface area contributed by atoms with Crippen molar-refractivity contribution < 1.29 is 0 Å². The van der Waals surface area contributed by atoms with Crippen LogP contribution in [-0.2, 0) is 0 Å². The minimum atomic E-state index is 0.398. The number of hydrogen-bond acceptors (Lipinski definition) is 3. The summed E-state index contributed by atoms with van der Waals surface area (Å²) in [7, 11) is 0. The minimum absolute atomic E-state index is 0.398. The number of hydrogen-bond donors (Lipinski definition) is 0. The Balaban J connectivity index is 2.01. The van der Waals surface area contributed by atoms with E-state index in [2.05, 4.69) is 48.2 Å². The van der Waals surface area contributed by atoms with Crippen molar-refractivity contribution in [1.82, 2.24) is 19.4 Å². The molecule has 114 valence electrons. The van der Waals surface area contributed by atoms with Crippen LogP contribution in [-0.4, -0.2) is 38.6 Å². The van der Waals surface area contributed by atoms with Crippen LogP contribution in [0.2, 0.25) is 0 Å². The standard InChI is InChI=1S/C17H26N4/c1-12(2)20-10-6-7-14(11-20)16-19-15-8-5-9-18-17(15)21(16)13(3)4/h5,8-9,12-14H,6-7,10-11H2,1-4H3. The molecule has 0 N–H and O–H groups in total. The van der Waals surface area contributed by atoms with Crippen molar-refractivity contribution in [2.45, 2.75) is 58.5 Å². The maximum Gasteiger partial charge on any atom is 0.160 e. The van der Waals surface area contributed by atoms with E-state index in [9.17, 15) is 0 Å². The SMILES string of the molecule is CC(C)N1CCCC(c2nc3cccnc3n2C(C)C)C1. The van der Waals surface area contributed by atoms with Gasteiger partial charge in [-0.15, -0.1) is 0 Å². The van der Waals surface area contributed by atoms with Crippen LogP contribution in [0.4, 0.5) is 0 Å². The highest BCUT2D eigenvalue weighted by molar-refractivity contribution is 5.71. The summed E-state index contributed by atoms with van der Waals surface area (Å²) in [6.07, 6.45) is 4.37. The van der Waals surface area contributed by atoms with Gasteiger partial charge < -0.3 is 9.47 Å². The van der Waals surface area contributed by atoms with Gasteiger partial charge in [0.25, 0.3) is 0 Å². The quantitative estimate of drug-likeness (QED) is 0.864. The maximum absolute atomic E-state index is 4.93. The number of pyridine rings is 1. The highest BCUT2D eigenvalue weighted by Crippen LogP contribution is 2.31. The summed E-state index contributed by atoms with van der Waals surface area (Å²) in [6.45, 7) is 11.4. The van der Waals surface area contributed by atoms with Gasteiger partial charge in [-0.1, -0.05) is 0 Å². The Morgan fingerprint density at radius 1 is 1.19 bits per heavy atom. The molecule has 0 amide bonds. The molecule has 1 atom stereocenters. The van der Waals surface area contributed by atoms with Gasteiger partial charge in [0.1, 0.15) is 11.3 Å². The van der Waals surface area contributed by atoms with E-state index in [1.807, 2.05) is 12.3 Å². The average Bonchev–Trinajstić information content (AvgIpc) is 2.87. The molecule has 1 fully saturated rings. The van der Waals surface area contributed by atoms with Crippen LogP contribution in [0.3, 0.4) is 0 Å². The molecule has 1 aliphatic rings. The van der Waals surface area contributed by atoms with Crippen molar-refractivity contribution in [2.24, 2.45) is 0 Å². The smallest absolute Gasteiger partial charge is 0.160 e. The molecule has 0 bridgehead atoms. The molecular formula is C17H26N4. The number of aromatic nitrogens is 3. The number of rotatable bonds is 3. The summed E-state index contributed by atoms with van der Waals surface area (Å²) in [5.41, 5.74) is 2.06. The first-order valence-electron chi connectivity index (χ1n) is 8.15. The summed E-state index contributed by atoms with van der Waals surface area (Å²) in [5, 5.41) is 0. The van der Waals surface area contributed by atoms with Crippen LogP contribution >= 0.6 is 0 Å². The third-order valence-corrected chi connectivity index (χ3v) is 4.54. The lowest BCUT2D eigenvalue weighted by molar-refractivity contribution is 0.163. The fourth-order valence-electron chi connectivity index (χ4n) is 3.43. The van der Waals surface area contributed by atoms with E-state index in [0.717, 1.165) is 17.7 Å². The lowest BCUT2D eigenvalue weighted by atomic mass is 9.96. The van der Waals surface area contributed by atoms with Gasteiger partial charge in [-0.05, 0) is 59.2 Å². The van der Waals surface area contributed by atoms with Gasteiger partial charge in [-0.2, -0.15) is 0 Å². The molecule has 1 saturated heterocycles. The molecule has 0 spiro atoms. The predicted molar refractivity (Wildman–Crippen MR) is 86.6 cm³/mol. The van der Waals surface area contributed by atoms with Crippen molar-refractivity contribution in [3.05, 3.63) is 24.2 Å². The van der Waals surface area contributed by atoms with Gasteiger partial charge in [0.05, 0.1) is 0 Å². The summed E-state index contributed by atoms with van der Waals surface area (Å²) in [6, 6.07) is 5.07. The van der Waals surface area contributed by atoms with Crippen molar-refractivity contribution in [1.29, 1.82) is 0 Å². The monoisotopic (exact) mass is 286 g/mol. The number of likely N-dealkylation sites (tertiary alicyclic amines) is 1. The van der Waals surface area contributed by atoms with Crippen molar-refractivity contribution in [3.63, 3.8) is 0 Å². The first-order chi connectivity index (χ1) is 10.1. The highest BCUT2D eigenvalue weighted by Gasteiger charge is 2.28. The molecule has 0 aliphatic carbocycles. The zero-order valence-corrected chi connectivity index (χ0v) is 13.6. The second-order valence-electron chi connectivity index (χ2n) is 6.71. The lowest BCUT2D eigenvalue weighted by Gasteiger charge is -2.35. The van der Waals surface area contributed by atoms with Gasteiger partial charge >= 0.3 is 0 Å². The first-order valence-corrected chi connectivity index (χ1v) is 8.15. The molecule has 3 rings (SSSR count). The van der Waals surface area contributed by atoms with Crippen LogP contribution < -0.4 is 0 Å².